The zero-order valence-corrected chi connectivity index (χ0v) is 15.9. The number of benzene rings is 1. The lowest BCUT2D eigenvalue weighted by atomic mass is 10.0. The van der Waals surface area contributed by atoms with Crippen molar-refractivity contribution in [2.24, 2.45) is 5.92 Å². The van der Waals surface area contributed by atoms with E-state index in [4.69, 9.17) is 0 Å². The monoisotopic (exact) mass is 417 g/mol. The number of piperidine rings is 1. The van der Waals surface area contributed by atoms with Gasteiger partial charge in [-0.2, -0.15) is 5.10 Å². The minimum atomic E-state index is -0.260. The van der Waals surface area contributed by atoms with Gasteiger partial charge in [-0.3, -0.25) is 9.59 Å². The van der Waals surface area contributed by atoms with E-state index >= 15 is 0 Å². The fourth-order valence-corrected chi connectivity index (χ4v) is 4.17. The van der Waals surface area contributed by atoms with Crippen molar-refractivity contribution in [2.75, 3.05) is 24.5 Å². The number of hydrogen-bond donors (Lipinski definition) is 0. The van der Waals surface area contributed by atoms with E-state index in [9.17, 15) is 9.59 Å². The van der Waals surface area contributed by atoms with Gasteiger partial charge in [0.25, 0.3) is 0 Å². The first-order chi connectivity index (χ1) is 12.6. The number of aromatic nitrogens is 3. The van der Waals surface area contributed by atoms with Gasteiger partial charge in [0.15, 0.2) is 0 Å². The summed E-state index contributed by atoms with van der Waals surface area (Å²) < 4.78 is 2.79. The predicted molar refractivity (Wildman–Crippen MR) is 99.5 cm³/mol. The summed E-state index contributed by atoms with van der Waals surface area (Å²) in [4.78, 5) is 32.9. The molecule has 3 heterocycles. The van der Waals surface area contributed by atoms with E-state index in [2.05, 4.69) is 26.0 Å². The van der Waals surface area contributed by atoms with Gasteiger partial charge in [0.1, 0.15) is 12.7 Å². The standard InChI is InChI=1S/C18H20BrN5O2/c19-14-2-1-3-16(9-14)23-10-13(8-17(23)25)18(26)22-6-4-15(5-7-22)24-12-20-11-21-24/h1-3,9,11-13,15H,4-8,10H2. The quantitative estimate of drug-likeness (QED) is 0.767. The number of halogens is 1. The summed E-state index contributed by atoms with van der Waals surface area (Å²) in [5.41, 5.74) is 0.838. The molecule has 0 radical (unpaired) electrons. The Hall–Kier alpha value is -2.22. The highest BCUT2D eigenvalue weighted by Crippen LogP contribution is 2.29. The lowest BCUT2D eigenvalue weighted by Crippen LogP contribution is -2.43. The molecule has 2 saturated heterocycles. The van der Waals surface area contributed by atoms with Crippen LogP contribution in [0.2, 0.25) is 0 Å². The van der Waals surface area contributed by atoms with E-state index in [-0.39, 0.29) is 24.2 Å². The first-order valence-electron chi connectivity index (χ1n) is 8.80. The fourth-order valence-electron chi connectivity index (χ4n) is 3.78. The number of carbonyl (C=O) groups is 2. The molecule has 1 aromatic heterocycles. The molecule has 7 nitrogen and oxygen atoms in total. The van der Waals surface area contributed by atoms with Gasteiger partial charge in [0.05, 0.1) is 12.0 Å². The third kappa shape index (κ3) is 3.38. The summed E-state index contributed by atoms with van der Waals surface area (Å²) in [5, 5.41) is 4.19. The fraction of sp³-hybridized carbons (Fsp3) is 0.444. The van der Waals surface area contributed by atoms with Gasteiger partial charge in [-0.25, -0.2) is 9.67 Å². The Labute approximate surface area is 160 Å². The number of likely N-dealkylation sites (tertiary alicyclic amines) is 1. The van der Waals surface area contributed by atoms with Crippen molar-refractivity contribution >= 4 is 33.4 Å². The molecular formula is C18H20BrN5O2. The number of carbonyl (C=O) groups excluding carboxylic acids is 2. The maximum absolute atomic E-state index is 12.9. The van der Waals surface area contributed by atoms with E-state index in [1.807, 2.05) is 33.8 Å². The summed E-state index contributed by atoms with van der Waals surface area (Å²) in [7, 11) is 0. The van der Waals surface area contributed by atoms with Crippen LogP contribution in [0, 0.1) is 5.92 Å². The Morgan fingerprint density at radius 2 is 2.04 bits per heavy atom. The molecular weight excluding hydrogens is 398 g/mol. The maximum atomic E-state index is 12.9. The van der Waals surface area contributed by atoms with E-state index in [0.29, 0.717) is 25.7 Å². The van der Waals surface area contributed by atoms with E-state index < -0.39 is 0 Å². The number of anilines is 1. The van der Waals surface area contributed by atoms with Gasteiger partial charge in [0, 0.05) is 36.2 Å². The smallest absolute Gasteiger partial charge is 0.228 e. The topological polar surface area (TPSA) is 71.3 Å². The summed E-state index contributed by atoms with van der Waals surface area (Å²) in [6.45, 7) is 1.85. The molecule has 1 aromatic carbocycles. The average Bonchev–Trinajstić information content (AvgIpc) is 3.31. The molecule has 26 heavy (non-hydrogen) atoms. The predicted octanol–water partition coefficient (Wildman–Crippen LogP) is 2.26. The van der Waals surface area contributed by atoms with Crippen LogP contribution in [0.25, 0.3) is 0 Å². The Bertz CT molecular complexity index is 802. The third-order valence-electron chi connectivity index (χ3n) is 5.18. The molecule has 136 valence electrons. The van der Waals surface area contributed by atoms with Crippen LogP contribution >= 0.6 is 15.9 Å². The van der Waals surface area contributed by atoms with Gasteiger partial charge in [0.2, 0.25) is 11.8 Å². The minimum absolute atomic E-state index is 0.0129. The van der Waals surface area contributed by atoms with E-state index in [1.54, 1.807) is 11.2 Å². The maximum Gasteiger partial charge on any atom is 0.228 e. The van der Waals surface area contributed by atoms with Gasteiger partial charge < -0.3 is 9.80 Å². The van der Waals surface area contributed by atoms with Crippen LogP contribution in [0.4, 0.5) is 5.69 Å². The van der Waals surface area contributed by atoms with Crippen molar-refractivity contribution in [1.82, 2.24) is 19.7 Å². The average molecular weight is 418 g/mol. The first-order valence-corrected chi connectivity index (χ1v) is 9.60. The summed E-state index contributed by atoms with van der Waals surface area (Å²) in [6.07, 6.45) is 5.29. The van der Waals surface area contributed by atoms with Crippen LogP contribution in [0.1, 0.15) is 25.3 Å². The van der Waals surface area contributed by atoms with E-state index in [0.717, 1.165) is 23.0 Å². The summed E-state index contributed by atoms with van der Waals surface area (Å²) in [6, 6.07) is 7.93. The third-order valence-corrected chi connectivity index (χ3v) is 5.67. The Morgan fingerprint density at radius 1 is 1.23 bits per heavy atom. The highest BCUT2D eigenvalue weighted by molar-refractivity contribution is 9.10. The van der Waals surface area contributed by atoms with Crippen molar-refractivity contribution in [3.8, 4) is 0 Å². The van der Waals surface area contributed by atoms with Crippen LogP contribution in [-0.4, -0.2) is 51.1 Å². The molecule has 2 amide bonds. The van der Waals surface area contributed by atoms with Crippen LogP contribution in [0.3, 0.4) is 0 Å². The van der Waals surface area contributed by atoms with Gasteiger partial charge in [-0.05, 0) is 31.0 Å². The number of nitrogens with zero attached hydrogens (tertiary/aromatic N) is 5. The molecule has 4 rings (SSSR count). The normalized spacial score (nSPS) is 21.4. The lowest BCUT2D eigenvalue weighted by molar-refractivity contribution is -0.137. The summed E-state index contributed by atoms with van der Waals surface area (Å²) in [5.74, 6) is -0.156. The highest BCUT2D eigenvalue weighted by Gasteiger charge is 2.38. The molecule has 1 unspecified atom stereocenters. The minimum Gasteiger partial charge on any atom is -0.342 e. The Kier molecular flexibility index (Phi) is 4.76. The van der Waals surface area contributed by atoms with Crippen LogP contribution < -0.4 is 4.90 Å². The highest BCUT2D eigenvalue weighted by atomic mass is 79.9. The molecule has 0 spiro atoms. The SMILES string of the molecule is O=C(C1CC(=O)N(c2cccc(Br)c2)C1)N1CCC(n2cncn2)CC1. The molecule has 0 aliphatic carbocycles. The number of rotatable bonds is 3. The Balaban J connectivity index is 1.38. The first kappa shape index (κ1) is 17.2. The van der Waals surface area contributed by atoms with Gasteiger partial charge >= 0.3 is 0 Å². The van der Waals surface area contributed by atoms with Crippen LogP contribution in [-0.2, 0) is 9.59 Å². The molecule has 0 bridgehead atoms. The molecule has 2 aliphatic heterocycles. The molecule has 1 atom stereocenters. The molecule has 0 saturated carbocycles. The van der Waals surface area contributed by atoms with Gasteiger partial charge in [-0.15, -0.1) is 0 Å². The molecule has 2 aromatic rings. The second-order valence-electron chi connectivity index (χ2n) is 6.82. The second-order valence-corrected chi connectivity index (χ2v) is 7.73. The van der Waals surface area contributed by atoms with Crippen molar-refractivity contribution in [3.63, 3.8) is 0 Å². The number of hydrogen-bond acceptors (Lipinski definition) is 4. The van der Waals surface area contributed by atoms with Gasteiger partial charge in [-0.1, -0.05) is 22.0 Å². The van der Waals surface area contributed by atoms with E-state index in [1.165, 1.54) is 6.33 Å². The molecule has 0 N–H and O–H groups in total. The molecule has 8 heteroatoms. The molecule has 2 aliphatic rings. The summed E-state index contributed by atoms with van der Waals surface area (Å²) >= 11 is 3.43. The zero-order valence-electron chi connectivity index (χ0n) is 14.3. The van der Waals surface area contributed by atoms with Crippen molar-refractivity contribution < 1.29 is 9.59 Å². The second kappa shape index (κ2) is 7.19. The Morgan fingerprint density at radius 3 is 2.73 bits per heavy atom. The van der Waals surface area contributed by atoms with Crippen LogP contribution in [0.5, 0.6) is 0 Å². The number of amides is 2. The molecule has 2 fully saturated rings. The van der Waals surface area contributed by atoms with Crippen molar-refractivity contribution in [1.29, 1.82) is 0 Å². The zero-order chi connectivity index (χ0) is 18.1. The lowest BCUT2D eigenvalue weighted by Gasteiger charge is -2.33. The van der Waals surface area contributed by atoms with Crippen molar-refractivity contribution in [3.05, 3.63) is 41.4 Å². The van der Waals surface area contributed by atoms with Crippen LogP contribution in [0.15, 0.2) is 41.4 Å². The van der Waals surface area contributed by atoms with Crippen molar-refractivity contribution in [2.45, 2.75) is 25.3 Å². The largest absolute Gasteiger partial charge is 0.342 e.